The van der Waals surface area contributed by atoms with E-state index in [1.54, 1.807) is 42.1 Å². The molecule has 1 atom stereocenters. The number of nitro benzene ring substituents is 1. The highest BCUT2D eigenvalue weighted by molar-refractivity contribution is 9.10. The molecule has 0 spiro atoms. The van der Waals surface area contributed by atoms with Crippen LogP contribution in [0.5, 0.6) is 0 Å². The third kappa shape index (κ3) is 5.66. The van der Waals surface area contributed by atoms with Gasteiger partial charge in [-0.1, -0.05) is 34.1 Å². The number of aromatic nitrogens is 1. The van der Waals surface area contributed by atoms with E-state index in [9.17, 15) is 14.9 Å². The maximum absolute atomic E-state index is 12.3. The van der Waals surface area contributed by atoms with Crippen molar-refractivity contribution in [2.24, 2.45) is 0 Å². The lowest BCUT2D eigenvalue weighted by Crippen LogP contribution is -2.36. The Hall–Kier alpha value is -2.69. The average Bonchev–Trinajstić information content (AvgIpc) is 3.22. The largest absolute Gasteiger partial charge is 0.347 e. The zero-order valence-corrected chi connectivity index (χ0v) is 17.4. The summed E-state index contributed by atoms with van der Waals surface area (Å²) in [6.45, 7) is 0.126. The predicted molar refractivity (Wildman–Crippen MR) is 112 cm³/mol. The molecule has 0 saturated carbocycles. The van der Waals surface area contributed by atoms with Gasteiger partial charge in [-0.15, -0.1) is 11.8 Å². The van der Waals surface area contributed by atoms with Crippen molar-refractivity contribution in [2.75, 3.05) is 6.61 Å². The summed E-state index contributed by atoms with van der Waals surface area (Å²) in [5.74, 6) is 0. The zero-order valence-electron chi connectivity index (χ0n) is 15.0. The first-order valence-corrected chi connectivity index (χ1v) is 10.2. The lowest BCUT2D eigenvalue weighted by molar-refractivity contribution is -0.385. The van der Waals surface area contributed by atoms with Crippen molar-refractivity contribution in [1.82, 2.24) is 15.4 Å². The molecule has 1 aliphatic heterocycles. The number of hydroxylamine groups is 1. The molecular formula is C19H16BrN4O4S. The number of halogens is 1. The van der Waals surface area contributed by atoms with E-state index in [1.807, 2.05) is 12.1 Å². The molecular weight excluding hydrogens is 460 g/mol. The number of thioether (sulfide) groups is 1. The molecule has 149 valence electrons. The van der Waals surface area contributed by atoms with Gasteiger partial charge in [-0.2, -0.15) is 0 Å². The van der Waals surface area contributed by atoms with Gasteiger partial charge in [-0.25, -0.2) is 10.3 Å². The molecule has 1 aromatic heterocycles. The molecule has 0 aliphatic carbocycles. The van der Waals surface area contributed by atoms with Crippen molar-refractivity contribution >= 4 is 39.4 Å². The fourth-order valence-corrected chi connectivity index (χ4v) is 3.80. The van der Waals surface area contributed by atoms with Crippen LogP contribution in [0.15, 0.2) is 64.8 Å². The topological polar surface area (TPSA) is 97.6 Å². The summed E-state index contributed by atoms with van der Waals surface area (Å²) in [7, 11) is 0. The van der Waals surface area contributed by atoms with Crippen molar-refractivity contribution in [1.29, 1.82) is 0 Å². The summed E-state index contributed by atoms with van der Waals surface area (Å²) in [5, 5.41) is 12.6. The van der Waals surface area contributed by atoms with E-state index in [2.05, 4.69) is 32.6 Å². The van der Waals surface area contributed by atoms with E-state index in [0.717, 1.165) is 5.56 Å². The lowest BCUT2D eigenvalue weighted by atomic mass is 10.1. The molecule has 1 aromatic carbocycles. The molecule has 2 amide bonds. The minimum absolute atomic E-state index is 0.0502. The zero-order chi connectivity index (χ0) is 20.6. The number of benzene rings is 1. The lowest BCUT2D eigenvalue weighted by Gasteiger charge is -2.22. The van der Waals surface area contributed by atoms with Gasteiger partial charge in [0, 0.05) is 28.5 Å². The first kappa shape index (κ1) is 21.0. The number of carbonyl (C=O) groups excluding carboxylic acids is 1. The van der Waals surface area contributed by atoms with E-state index >= 15 is 0 Å². The maximum Gasteiger partial charge on any atom is 0.347 e. The Morgan fingerprint density at radius 1 is 1.38 bits per heavy atom. The molecule has 10 heteroatoms. The van der Waals surface area contributed by atoms with E-state index in [1.165, 1.54) is 22.7 Å². The van der Waals surface area contributed by atoms with E-state index in [0.29, 0.717) is 16.5 Å². The summed E-state index contributed by atoms with van der Waals surface area (Å²) >= 11 is 4.68. The molecule has 1 N–H and O–H groups in total. The highest BCUT2D eigenvalue weighted by atomic mass is 79.9. The number of nitrogens with zero attached hydrogens (tertiary/aromatic N) is 3. The van der Waals surface area contributed by atoms with Gasteiger partial charge in [0.05, 0.1) is 17.7 Å². The van der Waals surface area contributed by atoms with Crippen LogP contribution in [-0.4, -0.2) is 27.4 Å². The summed E-state index contributed by atoms with van der Waals surface area (Å²) in [6.07, 6.45) is 10.0. The quantitative estimate of drug-likeness (QED) is 0.273. The van der Waals surface area contributed by atoms with Crippen molar-refractivity contribution in [2.45, 2.75) is 11.8 Å². The number of hydrogen-bond donors (Lipinski definition) is 1. The molecule has 0 saturated heterocycles. The summed E-state index contributed by atoms with van der Waals surface area (Å²) < 4.78 is 0.652. The second-order valence-electron chi connectivity index (χ2n) is 5.81. The van der Waals surface area contributed by atoms with Gasteiger partial charge in [0.15, 0.2) is 0 Å². The normalized spacial score (nSPS) is 15.8. The highest BCUT2D eigenvalue weighted by Crippen LogP contribution is 2.37. The second kappa shape index (κ2) is 10.2. The van der Waals surface area contributed by atoms with Crippen LogP contribution >= 0.6 is 27.7 Å². The Kier molecular flexibility index (Phi) is 7.39. The van der Waals surface area contributed by atoms with Crippen molar-refractivity contribution in [3.63, 3.8) is 0 Å². The fraction of sp³-hybridized carbons (Fsp3) is 0.158. The van der Waals surface area contributed by atoms with Crippen molar-refractivity contribution in [3.8, 4) is 0 Å². The molecule has 0 bridgehead atoms. The van der Waals surface area contributed by atoms with Gasteiger partial charge in [0.2, 0.25) is 0 Å². The predicted octanol–water partition coefficient (Wildman–Crippen LogP) is 4.51. The molecule has 0 fully saturated rings. The van der Waals surface area contributed by atoms with Crippen molar-refractivity contribution < 1.29 is 14.6 Å². The van der Waals surface area contributed by atoms with Crippen LogP contribution < -0.4 is 5.48 Å². The molecule has 3 rings (SSSR count). The van der Waals surface area contributed by atoms with Crippen LogP contribution in [0.3, 0.4) is 0 Å². The van der Waals surface area contributed by atoms with Gasteiger partial charge in [-0.05, 0) is 35.6 Å². The van der Waals surface area contributed by atoms with Crippen molar-refractivity contribution in [3.05, 3.63) is 92.2 Å². The molecule has 8 nitrogen and oxygen atoms in total. The number of urea groups is 1. The third-order valence-corrected chi connectivity index (χ3v) is 5.40. The van der Waals surface area contributed by atoms with Gasteiger partial charge in [-0.3, -0.25) is 24.8 Å². The van der Waals surface area contributed by atoms with Gasteiger partial charge >= 0.3 is 6.03 Å². The average molecular weight is 476 g/mol. The first-order chi connectivity index (χ1) is 14.1. The van der Waals surface area contributed by atoms with Crippen LogP contribution in [0.1, 0.15) is 16.5 Å². The summed E-state index contributed by atoms with van der Waals surface area (Å²) in [4.78, 5) is 33.6. The third-order valence-electron chi connectivity index (χ3n) is 3.92. The Balaban J connectivity index is 1.46. The molecule has 1 unspecified atom stereocenters. The number of carbonyl (C=O) groups is 1. The molecule has 2 aromatic rings. The number of amides is 2. The molecule has 29 heavy (non-hydrogen) atoms. The summed E-state index contributed by atoms with van der Waals surface area (Å²) in [6, 6.07) is 8.15. The maximum atomic E-state index is 12.3. The van der Waals surface area contributed by atoms with E-state index in [4.69, 9.17) is 4.84 Å². The Labute approximate surface area is 179 Å². The highest BCUT2D eigenvalue weighted by Gasteiger charge is 2.27. The minimum Gasteiger partial charge on any atom is -0.273 e. The van der Waals surface area contributed by atoms with E-state index in [-0.39, 0.29) is 17.7 Å². The second-order valence-corrected chi connectivity index (χ2v) is 7.68. The molecule has 1 radical (unpaired) electrons. The van der Waals surface area contributed by atoms with Gasteiger partial charge in [0.25, 0.3) is 5.69 Å². The number of rotatable bonds is 7. The molecule has 1 aliphatic rings. The Bertz CT molecular complexity index is 939. The standard InChI is InChI=1S/C19H16BrN4O4S/c20-16-5-4-14(17(13-16)24(26)27)3-1-2-11-28-22-19(25)23-10-12-29-18(23)15-6-8-21-9-7-15/h1-2,4-9,12-13,18H,3,11H2,(H,22,25). The number of nitro groups is 1. The molecule has 2 heterocycles. The number of hydrogen-bond acceptors (Lipinski definition) is 6. The number of pyridine rings is 1. The fourth-order valence-electron chi connectivity index (χ4n) is 2.56. The first-order valence-electron chi connectivity index (χ1n) is 8.48. The SMILES string of the molecule is O=C(NOCC=CCc1ccc(Br)cc1[N+](=O)[O-])N1[C]=CSC1c1ccncc1. The van der Waals surface area contributed by atoms with E-state index < -0.39 is 11.0 Å². The van der Waals surface area contributed by atoms with Crippen LogP contribution in [0, 0.1) is 16.3 Å². The van der Waals surface area contributed by atoms with Crippen LogP contribution in [0.25, 0.3) is 0 Å². The Morgan fingerprint density at radius 2 is 2.17 bits per heavy atom. The van der Waals surface area contributed by atoms with Gasteiger partial charge in [0.1, 0.15) is 5.37 Å². The Morgan fingerprint density at radius 3 is 2.93 bits per heavy atom. The van der Waals surface area contributed by atoms with Crippen LogP contribution in [-0.2, 0) is 11.3 Å². The van der Waals surface area contributed by atoms with Gasteiger partial charge < -0.3 is 0 Å². The summed E-state index contributed by atoms with van der Waals surface area (Å²) in [5.41, 5.74) is 3.94. The van der Waals surface area contributed by atoms with Crippen LogP contribution in [0.2, 0.25) is 0 Å². The number of allylic oxidation sites excluding steroid dienone is 1. The number of nitrogens with one attached hydrogen (secondary N) is 1. The smallest absolute Gasteiger partial charge is 0.273 e. The van der Waals surface area contributed by atoms with Crippen LogP contribution in [0.4, 0.5) is 10.5 Å². The minimum atomic E-state index is -0.440. The monoisotopic (exact) mass is 475 g/mol.